The van der Waals surface area contributed by atoms with E-state index in [1.807, 2.05) is 24.1 Å². The first-order valence-corrected chi connectivity index (χ1v) is 5.75. The van der Waals surface area contributed by atoms with Crippen molar-refractivity contribution in [3.05, 3.63) is 48.3 Å². The molecule has 1 aromatic heterocycles. The molecule has 19 heavy (non-hydrogen) atoms. The Morgan fingerprint density at radius 2 is 2.16 bits per heavy atom. The number of anilines is 3. The van der Waals surface area contributed by atoms with Gasteiger partial charge in [-0.25, -0.2) is 4.79 Å². The van der Waals surface area contributed by atoms with Crippen LogP contribution >= 0.6 is 0 Å². The van der Waals surface area contributed by atoms with Gasteiger partial charge in [0.05, 0.1) is 30.2 Å². The lowest BCUT2D eigenvalue weighted by Gasteiger charge is -2.21. The van der Waals surface area contributed by atoms with Crippen LogP contribution < -0.4 is 10.6 Å². The van der Waals surface area contributed by atoms with Crippen LogP contribution in [0.15, 0.2) is 42.7 Å². The maximum absolute atomic E-state index is 11.8. The minimum Gasteiger partial charge on any atom is -0.465 e. The zero-order chi connectivity index (χ0) is 13.8. The van der Waals surface area contributed by atoms with Crippen molar-refractivity contribution in [2.24, 2.45) is 0 Å². The van der Waals surface area contributed by atoms with Crippen LogP contribution in [0, 0.1) is 0 Å². The van der Waals surface area contributed by atoms with Crippen LogP contribution in [0.25, 0.3) is 0 Å². The van der Waals surface area contributed by atoms with Gasteiger partial charge in [-0.2, -0.15) is 0 Å². The van der Waals surface area contributed by atoms with Gasteiger partial charge in [-0.15, -0.1) is 0 Å². The number of ether oxygens (including phenoxy) is 1. The third-order valence-electron chi connectivity index (χ3n) is 2.82. The van der Waals surface area contributed by atoms with E-state index in [1.54, 1.807) is 30.6 Å². The molecular weight excluding hydrogens is 242 g/mol. The van der Waals surface area contributed by atoms with E-state index >= 15 is 0 Å². The summed E-state index contributed by atoms with van der Waals surface area (Å²) in [6.07, 6.45) is 3.42. The number of carbonyl (C=O) groups excluding carboxylic acids is 1. The number of methoxy groups -OCH3 is 1. The van der Waals surface area contributed by atoms with Crippen molar-refractivity contribution in [3.63, 3.8) is 0 Å². The van der Waals surface area contributed by atoms with Crippen LogP contribution in [0.2, 0.25) is 0 Å². The molecule has 0 bridgehead atoms. The summed E-state index contributed by atoms with van der Waals surface area (Å²) in [5.74, 6) is -0.418. The SMILES string of the molecule is COC(=O)c1cc(N)ccc1N(C)c1cccnc1. The Morgan fingerprint density at radius 1 is 1.37 bits per heavy atom. The topological polar surface area (TPSA) is 68.5 Å². The molecule has 98 valence electrons. The Kier molecular flexibility index (Phi) is 3.66. The normalized spacial score (nSPS) is 10.0. The molecule has 0 aliphatic rings. The number of rotatable bonds is 3. The molecular formula is C14H15N3O2. The van der Waals surface area contributed by atoms with Gasteiger partial charge in [0.2, 0.25) is 0 Å². The number of aromatic nitrogens is 1. The number of hydrogen-bond acceptors (Lipinski definition) is 5. The average molecular weight is 257 g/mol. The Labute approximate surface area is 111 Å². The second-order valence-electron chi connectivity index (χ2n) is 4.04. The molecule has 0 saturated heterocycles. The number of benzene rings is 1. The van der Waals surface area contributed by atoms with Gasteiger partial charge in [-0.05, 0) is 30.3 Å². The molecule has 0 unspecified atom stereocenters. The Hall–Kier alpha value is -2.56. The van der Waals surface area contributed by atoms with Crippen molar-refractivity contribution in [3.8, 4) is 0 Å². The molecule has 2 N–H and O–H groups in total. The van der Waals surface area contributed by atoms with Gasteiger partial charge >= 0.3 is 5.97 Å². The van der Waals surface area contributed by atoms with E-state index in [9.17, 15) is 4.79 Å². The first-order valence-electron chi connectivity index (χ1n) is 5.75. The van der Waals surface area contributed by atoms with Gasteiger partial charge in [0, 0.05) is 18.9 Å². The lowest BCUT2D eigenvalue weighted by molar-refractivity contribution is 0.0601. The van der Waals surface area contributed by atoms with Gasteiger partial charge < -0.3 is 15.4 Å². The summed E-state index contributed by atoms with van der Waals surface area (Å²) in [5, 5.41) is 0. The highest BCUT2D eigenvalue weighted by molar-refractivity contribution is 5.97. The molecule has 0 amide bonds. The summed E-state index contributed by atoms with van der Waals surface area (Å²) >= 11 is 0. The van der Waals surface area contributed by atoms with E-state index in [0.717, 1.165) is 5.69 Å². The van der Waals surface area contributed by atoms with Crippen LogP contribution in [0.1, 0.15) is 10.4 Å². The molecule has 5 nitrogen and oxygen atoms in total. The molecule has 0 spiro atoms. The fraction of sp³-hybridized carbons (Fsp3) is 0.143. The van der Waals surface area contributed by atoms with Crippen molar-refractivity contribution >= 4 is 23.0 Å². The standard InChI is InChI=1S/C14H15N3O2/c1-17(11-4-3-7-16-9-11)13-6-5-10(15)8-12(13)14(18)19-2/h3-9H,15H2,1-2H3. The molecule has 0 atom stereocenters. The van der Waals surface area contributed by atoms with Crippen LogP contribution in [0.5, 0.6) is 0 Å². The first kappa shape index (κ1) is 12.9. The minimum atomic E-state index is -0.418. The van der Waals surface area contributed by atoms with Crippen molar-refractivity contribution in [2.75, 3.05) is 24.8 Å². The van der Waals surface area contributed by atoms with Crippen LogP contribution in [0.3, 0.4) is 0 Å². The van der Waals surface area contributed by atoms with Crippen molar-refractivity contribution in [1.29, 1.82) is 0 Å². The maximum Gasteiger partial charge on any atom is 0.340 e. The zero-order valence-electron chi connectivity index (χ0n) is 10.8. The van der Waals surface area contributed by atoms with E-state index in [1.165, 1.54) is 7.11 Å². The first-order chi connectivity index (χ1) is 9.13. The highest BCUT2D eigenvalue weighted by Gasteiger charge is 2.16. The smallest absolute Gasteiger partial charge is 0.340 e. The number of nitrogen functional groups attached to an aromatic ring is 1. The van der Waals surface area contributed by atoms with Crippen molar-refractivity contribution in [1.82, 2.24) is 4.98 Å². The second-order valence-corrected chi connectivity index (χ2v) is 4.04. The highest BCUT2D eigenvalue weighted by atomic mass is 16.5. The molecule has 0 radical (unpaired) electrons. The summed E-state index contributed by atoms with van der Waals surface area (Å²) in [6.45, 7) is 0. The number of carbonyl (C=O) groups is 1. The molecule has 0 fully saturated rings. The van der Waals surface area contributed by atoms with Gasteiger partial charge in [-0.3, -0.25) is 4.98 Å². The average Bonchev–Trinajstić information content (AvgIpc) is 2.46. The largest absolute Gasteiger partial charge is 0.465 e. The van der Waals surface area contributed by atoms with E-state index in [0.29, 0.717) is 16.9 Å². The summed E-state index contributed by atoms with van der Waals surface area (Å²) < 4.78 is 4.78. The number of pyridine rings is 1. The third kappa shape index (κ3) is 2.65. The van der Waals surface area contributed by atoms with Gasteiger partial charge in [0.25, 0.3) is 0 Å². The minimum absolute atomic E-state index is 0.418. The fourth-order valence-corrected chi connectivity index (χ4v) is 1.81. The number of esters is 1. The van der Waals surface area contributed by atoms with Crippen molar-refractivity contribution < 1.29 is 9.53 Å². The molecule has 2 rings (SSSR count). The van der Waals surface area contributed by atoms with Gasteiger partial charge in [0.1, 0.15) is 0 Å². The quantitative estimate of drug-likeness (QED) is 0.674. The van der Waals surface area contributed by atoms with E-state index in [-0.39, 0.29) is 0 Å². The number of hydrogen-bond donors (Lipinski definition) is 1. The molecule has 0 aliphatic heterocycles. The van der Waals surface area contributed by atoms with Crippen LogP contribution in [-0.4, -0.2) is 25.1 Å². The number of nitrogens with zero attached hydrogens (tertiary/aromatic N) is 2. The lowest BCUT2D eigenvalue weighted by atomic mass is 10.1. The second kappa shape index (κ2) is 5.39. The summed E-state index contributed by atoms with van der Waals surface area (Å²) in [6, 6.07) is 8.88. The zero-order valence-corrected chi connectivity index (χ0v) is 10.8. The number of nitrogens with two attached hydrogens (primary N) is 1. The molecule has 0 aliphatic carbocycles. The Balaban J connectivity index is 2.47. The van der Waals surface area contributed by atoms with Crippen LogP contribution in [-0.2, 0) is 4.74 Å². The van der Waals surface area contributed by atoms with E-state index in [2.05, 4.69) is 4.98 Å². The van der Waals surface area contributed by atoms with Crippen LogP contribution in [0.4, 0.5) is 17.1 Å². The predicted octanol–water partition coefficient (Wildman–Crippen LogP) is 2.22. The van der Waals surface area contributed by atoms with Gasteiger partial charge in [-0.1, -0.05) is 0 Å². The molecule has 2 aromatic rings. The Morgan fingerprint density at radius 3 is 2.79 bits per heavy atom. The summed E-state index contributed by atoms with van der Waals surface area (Å²) in [4.78, 5) is 17.7. The van der Waals surface area contributed by atoms with E-state index in [4.69, 9.17) is 10.5 Å². The van der Waals surface area contributed by atoms with Gasteiger partial charge in [0.15, 0.2) is 0 Å². The molecule has 1 aromatic carbocycles. The van der Waals surface area contributed by atoms with E-state index < -0.39 is 5.97 Å². The lowest BCUT2D eigenvalue weighted by Crippen LogP contribution is -2.15. The highest BCUT2D eigenvalue weighted by Crippen LogP contribution is 2.28. The fourth-order valence-electron chi connectivity index (χ4n) is 1.81. The summed E-state index contributed by atoms with van der Waals surface area (Å²) in [5.41, 5.74) is 8.25. The molecule has 0 saturated carbocycles. The molecule has 5 heteroatoms. The summed E-state index contributed by atoms with van der Waals surface area (Å²) in [7, 11) is 3.20. The molecule has 1 heterocycles. The van der Waals surface area contributed by atoms with Crippen molar-refractivity contribution in [2.45, 2.75) is 0 Å². The monoisotopic (exact) mass is 257 g/mol. The third-order valence-corrected chi connectivity index (χ3v) is 2.82. The maximum atomic E-state index is 11.8. The Bertz CT molecular complexity index is 584. The predicted molar refractivity (Wildman–Crippen MR) is 74.5 cm³/mol.